The molecule has 2 heterocycles. The Hall–Kier alpha value is -2.37. The molecule has 1 aliphatic heterocycles. The average Bonchev–Trinajstić information content (AvgIpc) is 3.04. The zero-order valence-electron chi connectivity index (χ0n) is 14.5. The molecule has 2 unspecified atom stereocenters. The summed E-state index contributed by atoms with van der Waals surface area (Å²) in [5.74, 6) is 0.939. The van der Waals surface area contributed by atoms with Crippen LogP contribution in [0.25, 0.3) is 0 Å². The maximum absolute atomic E-state index is 5.73. The molecule has 1 aliphatic rings. The maximum Gasteiger partial charge on any atom is 0.146 e. The number of benzene rings is 1. The lowest BCUT2D eigenvalue weighted by atomic mass is 10.1. The van der Waals surface area contributed by atoms with Crippen LogP contribution in [-0.4, -0.2) is 44.2 Å². The second-order valence-electron chi connectivity index (χ2n) is 6.01. The topological polar surface area (TPSA) is 43.8 Å². The molecule has 5 nitrogen and oxygen atoms in total. The summed E-state index contributed by atoms with van der Waals surface area (Å²) in [5.41, 5.74) is 2.30. The van der Waals surface area contributed by atoms with Crippen LogP contribution < -0.4 is 4.90 Å². The van der Waals surface area contributed by atoms with Gasteiger partial charge in [-0.2, -0.15) is 0 Å². The van der Waals surface area contributed by atoms with Crippen molar-refractivity contribution in [3.8, 4) is 0 Å². The van der Waals surface area contributed by atoms with Crippen LogP contribution in [0.15, 0.2) is 61.4 Å². The molecule has 25 heavy (non-hydrogen) atoms. The van der Waals surface area contributed by atoms with Crippen LogP contribution in [-0.2, 0) is 20.6 Å². The van der Waals surface area contributed by atoms with Crippen LogP contribution in [0.1, 0.15) is 11.3 Å². The average molecular weight is 340 g/mol. The molecule has 1 aromatic carbocycles. The van der Waals surface area contributed by atoms with Gasteiger partial charge in [0.15, 0.2) is 0 Å². The van der Waals surface area contributed by atoms with E-state index in [0.717, 1.165) is 17.9 Å². The summed E-state index contributed by atoms with van der Waals surface area (Å²) in [6.07, 6.45) is 2.14. The lowest BCUT2D eigenvalue weighted by Crippen LogP contribution is -2.29. The fourth-order valence-corrected chi connectivity index (χ4v) is 3.05. The highest BCUT2D eigenvalue weighted by molar-refractivity contribution is 5.42. The fourth-order valence-electron chi connectivity index (χ4n) is 3.05. The number of hydrogen-bond donors (Lipinski definition) is 0. The first kappa shape index (κ1) is 17.5. The van der Waals surface area contributed by atoms with Crippen LogP contribution in [0, 0.1) is 0 Å². The van der Waals surface area contributed by atoms with E-state index in [9.17, 15) is 0 Å². The zero-order valence-corrected chi connectivity index (χ0v) is 14.5. The fraction of sp³-hybridized carbons (Fsp3) is 0.350. The molecule has 0 N–H and O–H groups in total. The molecule has 0 spiro atoms. The standard InChI is InChI=1S/C20H24N2O3/c1-3-24-18-13-22(14-19(18)25-15-23-2)20-11-7-10-17(21-20)12-16-8-5-4-6-9-16/h3-11,18-19H,1,12-15H2,2H3. The minimum Gasteiger partial charge on any atom is -0.494 e. The Balaban J connectivity index is 1.71. The van der Waals surface area contributed by atoms with Crippen LogP contribution in [0.2, 0.25) is 0 Å². The van der Waals surface area contributed by atoms with E-state index in [1.165, 1.54) is 11.8 Å². The summed E-state index contributed by atoms with van der Waals surface area (Å²) in [5, 5.41) is 0. The number of aromatic nitrogens is 1. The minimum absolute atomic E-state index is 0.0717. The van der Waals surface area contributed by atoms with Crippen molar-refractivity contribution in [2.75, 3.05) is 31.9 Å². The Morgan fingerprint density at radius 1 is 1.12 bits per heavy atom. The molecule has 1 aromatic heterocycles. The van der Waals surface area contributed by atoms with Crippen LogP contribution in [0.3, 0.4) is 0 Å². The van der Waals surface area contributed by atoms with Crippen LogP contribution in [0.5, 0.6) is 0 Å². The monoisotopic (exact) mass is 340 g/mol. The SMILES string of the molecule is C=COC1CN(c2cccc(Cc3ccccc3)n2)CC1OCOC. The van der Waals surface area contributed by atoms with Crippen molar-refractivity contribution in [1.29, 1.82) is 0 Å². The molecule has 5 heteroatoms. The number of methoxy groups -OCH3 is 1. The smallest absolute Gasteiger partial charge is 0.146 e. The van der Waals surface area contributed by atoms with Crippen molar-refractivity contribution in [3.05, 3.63) is 72.6 Å². The molecule has 0 amide bonds. The molecule has 2 aromatic rings. The Morgan fingerprint density at radius 3 is 2.68 bits per heavy atom. The van der Waals surface area contributed by atoms with Crippen molar-refractivity contribution < 1.29 is 14.2 Å². The van der Waals surface area contributed by atoms with Gasteiger partial charge >= 0.3 is 0 Å². The third kappa shape index (κ3) is 4.59. The lowest BCUT2D eigenvalue weighted by Gasteiger charge is -2.17. The van der Waals surface area contributed by atoms with Gasteiger partial charge < -0.3 is 19.1 Å². The molecule has 3 rings (SSSR count). The maximum atomic E-state index is 5.73. The van der Waals surface area contributed by atoms with E-state index in [-0.39, 0.29) is 19.0 Å². The van der Waals surface area contributed by atoms with E-state index in [2.05, 4.69) is 41.8 Å². The number of ether oxygens (including phenoxy) is 3. The quantitative estimate of drug-likeness (QED) is 0.546. The van der Waals surface area contributed by atoms with Gasteiger partial charge in [0.05, 0.1) is 12.8 Å². The highest BCUT2D eigenvalue weighted by atomic mass is 16.7. The minimum atomic E-state index is -0.0766. The largest absolute Gasteiger partial charge is 0.494 e. The second kappa shape index (κ2) is 8.65. The van der Waals surface area contributed by atoms with Crippen molar-refractivity contribution in [3.63, 3.8) is 0 Å². The van der Waals surface area contributed by atoms with Gasteiger partial charge in [-0.05, 0) is 17.7 Å². The Bertz CT molecular complexity index is 678. The highest BCUT2D eigenvalue weighted by Crippen LogP contribution is 2.23. The van der Waals surface area contributed by atoms with Gasteiger partial charge in [0.25, 0.3) is 0 Å². The van der Waals surface area contributed by atoms with Crippen molar-refractivity contribution in [2.24, 2.45) is 0 Å². The van der Waals surface area contributed by atoms with Crippen molar-refractivity contribution >= 4 is 5.82 Å². The Labute approximate surface area is 148 Å². The number of anilines is 1. The highest BCUT2D eigenvalue weighted by Gasteiger charge is 2.35. The first-order valence-corrected chi connectivity index (χ1v) is 8.42. The molecule has 0 radical (unpaired) electrons. The zero-order chi connectivity index (χ0) is 17.5. The first-order chi connectivity index (χ1) is 12.3. The van der Waals surface area contributed by atoms with E-state index in [0.29, 0.717) is 13.1 Å². The van der Waals surface area contributed by atoms with Gasteiger partial charge in [-0.25, -0.2) is 4.98 Å². The number of nitrogens with zero attached hydrogens (tertiary/aromatic N) is 2. The molecule has 0 bridgehead atoms. The van der Waals surface area contributed by atoms with E-state index in [4.69, 9.17) is 19.2 Å². The van der Waals surface area contributed by atoms with E-state index < -0.39 is 0 Å². The van der Waals surface area contributed by atoms with Crippen molar-refractivity contribution in [1.82, 2.24) is 4.98 Å². The molecule has 0 aliphatic carbocycles. The van der Waals surface area contributed by atoms with E-state index >= 15 is 0 Å². The molecule has 0 saturated carbocycles. The van der Waals surface area contributed by atoms with Gasteiger partial charge in [-0.1, -0.05) is 43.0 Å². The van der Waals surface area contributed by atoms with Gasteiger partial charge in [-0.15, -0.1) is 0 Å². The summed E-state index contributed by atoms with van der Waals surface area (Å²) >= 11 is 0. The third-order valence-electron chi connectivity index (χ3n) is 4.23. The summed E-state index contributed by atoms with van der Waals surface area (Å²) in [6.45, 7) is 5.32. The number of hydrogen-bond acceptors (Lipinski definition) is 5. The summed E-state index contributed by atoms with van der Waals surface area (Å²) in [4.78, 5) is 7.00. The normalized spacial score (nSPS) is 19.8. The van der Waals surface area contributed by atoms with Gasteiger partial charge in [0.2, 0.25) is 0 Å². The summed E-state index contributed by atoms with van der Waals surface area (Å²) in [6, 6.07) is 16.5. The summed E-state index contributed by atoms with van der Waals surface area (Å²) in [7, 11) is 1.62. The van der Waals surface area contributed by atoms with Gasteiger partial charge in [0, 0.05) is 25.8 Å². The van der Waals surface area contributed by atoms with Crippen LogP contribution in [0.4, 0.5) is 5.82 Å². The predicted molar refractivity (Wildman–Crippen MR) is 97.5 cm³/mol. The molecule has 132 valence electrons. The third-order valence-corrected chi connectivity index (χ3v) is 4.23. The molecule has 1 fully saturated rings. The summed E-state index contributed by atoms with van der Waals surface area (Å²) < 4.78 is 16.4. The molecule has 1 saturated heterocycles. The number of pyridine rings is 1. The van der Waals surface area contributed by atoms with E-state index in [1.807, 2.05) is 18.2 Å². The van der Waals surface area contributed by atoms with Gasteiger partial charge in [-0.3, -0.25) is 0 Å². The Kier molecular flexibility index (Phi) is 6.04. The second-order valence-corrected chi connectivity index (χ2v) is 6.01. The number of rotatable bonds is 8. The van der Waals surface area contributed by atoms with Crippen molar-refractivity contribution in [2.45, 2.75) is 18.6 Å². The van der Waals surface area contributed by atoms with E-state index in [1.54, 1.807) is 7.11 Å². The molecule has 2 atom stereocenters. The van der Waals surface area contributed by atoms with Crippen LogP contribution >= 0.6 is 0 Å². The van der Waals surface area contributed by atoms with Gasteiger partial charge in [0.1, 0.15) is 24.8 Å². The predicted octanol–water partition coefficient (Wildman–Crippen LogP) is 3.01. The Morgan fingerprint density at radius 2 is 1.92 bits per heavy atom. The first-order valence-electron chi connectivity index (χ1n) is 8.42. The molecular weight excluding hydrogens is 316 g/mol. The molecular formula is C20H24N2O3. The lowest BCUT2D eigenvalue weighted by molar-refractivity contribution is -0.0966.